The Labute approximate surface area is 232 Å². The maximum absolute atomic E-state index is 14.0. The molecule has 40 heavy (non-hydrogen) atoms. The fraction of sp³-hybridized carbons (Fsp3) is 0. The molecule has 0 bridgehead atoms. The first-order valence-corrected chi connectivity index (χ1v) is 13.3. The third kappa shape index (κ3) is 4.09. The van der Waals surface area contributed by atoms with Crippen LogP contribution in [0.15, 0.2) is 152 Å². The van der Waals surface area contributed by atoms with Crippen LogP contribution in [-0.4, -0.2) is 4.98 Å². The molecule has 0 radical (unpaired) electrons. The molecule has 0 saturated carbocycles. The Morgan fingerprint density at radius 3 is 1.60 bits per heavy atom. The van der Waals surface area contributed by atoms with E-state index in [-0.39, 0.29) is 5.82 Å². The molecule has 0 fully saturated rings. The third-order valence-electron chi connectivity index (χ3n) is 7.36. The van der Waals surface area contributed by atoms with E-state index in [2.05, 4.69) is 119 Å². The first-order valence-electron chi connectivity index (χ1n) is 13.3. The number of fused-ring (bicyclic) bond motifs is 2. The summed E-state index contributed by atoms with van der Waals surface area (Å²) in [5.74, 6) is 0.291. The van der Waals surface area contributed by atoms with E-state index in [0.29, 0.717) is 5.82 Å². The number of para-hydroxylation sites is 1. The Bertz CT molecular complexity index is 1890. The number of anilines is 3. The number of hydrogen-bond acceptors (Lipinski definition) is 2. The van der Waals surface area contributed by atoms with Crippen molar-refractivity contribution in [3.8, 4) is 22.3 Å². The molecular weight excluding hydrogens is 491 g/mol. The van der Waals surface area contributed by atoms with E-state index in [1.165, 1.54) is 34.5 Å². The van der Waals surface area contributed by atoms with Crippen molar-refractivity contribution in [2.24, 2.45) is 0 Å². The van der Waals surface area contributed by atoms with Crippen molar-refractivity contribution in [3.63, 3.8) is 0 Å². The van der Waals surface area contributed by atoms with Crippen molar-refractivity contribution < 1.29 is 4.39 Å². The molecule has 6 aromatic carbocycles. The van der Waals surface area contributed by atoms with Gasteiger partial charge in [-0.15, -0.1) is 0 Å². The first-order chi connectivity index (χ1) is 19.8. The Hall–Kier alpha value is -5.28. The summed E-state index contributed by atoms with van der Waals surface area (Å²) in [5, 5.41) is 4.47. The van der Waals surface area contributed by atoms with Crippen molar-refractivity contribution in [2.75, 3.05) is 4.90 Å². The fourth-order valence-electron chi connectivity index (χ4n) is 5.66. The normalized spacial score (nSPS) is 11.1. The van der Waals surface area contributed by atoms with Crippen molar-refractivity contribution in [1.29, 1.82) is 0 Å². The summed E-state index contributed by atoms with van der Waals surface area (Å²) in [4.78, 5) is 6.67. The van der Waals surface area contributed by atoms with Crippen molar-refractivity contribution in [1.82, 2.24) is 4.98 Å². The van der Waals surface area contributed by atoms with Gasteiger partial charge >= 0.3 is 0 Å². The summed E-state index contributed by atoms with van der Waals surface area (Å²) in [7, 11) is 0. The van der Waals surface area contributed by atoms with Crippen LogP contribution < -0.4 is 4.90 Å². The standard InChI is InChI=1S/C37H25FN2/c38-27-23-24-35(39-25-27)40(28-15-5-2-6-16-28)37-33-21-11-9-19-31(33)36(32-20-10-12-22-34(32)37)30-18-8-7-17-29(30)26-13-3-1-4-14-26/h1-25H. The Morgan fingerprint density at radius 2 is 1.00 bits per heavy atom. The highest BCUT2D eigenvalue weighted by Crippen LogP contribution is 2.48. The molecule has 0 aliphatic heterocycles. The second-order valence-corrected chi connectivity index (χ2v) is 9.73. The summed E-state index contributed by atoms with van der Waals surface area (Å²) in [6.07, 6.45) is 1.28. The lowest BCUT2D eigenvalue weighted by Gasteiger charge is -2.28. The third-order valence-corrected chi connectivity index (χ3v) is 7.36. The van der Waals surface area contributed by atoms with Gasteiger partial charge in [-0.05, 0) is 57.3 Å². The number of pyridine rings is 1. The second kappa shape index (κ2) is 10.1. The lowest BCUT2D eigenvalue weighted by atomic mass is 9.86. The van der Waals surface area contributed by atoms with Crippen LogP contribution in [0.5, 0.6) is 0 Å². The van der Waals surface area contributed by atoms with Gasteiger partial charge in [0.1, 0.15) is 11.6 Å². The van der Waals surface area contributed by atoms with E-state index in [1.54, 1.807) is 6.07 Å². The lowest BCUT2D eigenvalue weighted by molar-refractivity contribution is 0.621. The van der Waals surface area contributed by atoms with E-state index in [9.17, 15) is 4.39 Å². The zero-order valence-corrected chi connectivity index (χ0v) is 21.7. The van der Waals surface area contributed by atoms with E-state index in [4.69, 9.17) is 0 Å². The predicted molar refractivity (Wildman–Crippen MR) is 165 cm³/mol. The molecular formula is C37H25FN2. The van der Waals surface area contributed by atoms with Crippen LogP contribution in [0.3, 0.4) is 0 Å². The largest absolute Gasteiger partial charge is 0.294 e. The van der Waals surface area contributed by atoms with E-state index in [1.807, 2.05) is 24.3 Å². The highest BCUT2D eigenvalue weighted by Gasteiger charge is 2.23. The zero-order valence-electron chi connectivity index (χ0n) is 21.7. The minimum atomic E-state index is -0.362. The van der Waals surface area contributed by atoms with Crippen LogP contribution in [0.25, 0.3) is 43.8 Å². The molecule has 190 valence electrons. The van der Waals surface area contributed by atoms with Crippen LogP contribution in [0.2, 0.25) is 0 Å². The number of rotatable bonds is 5. The number of hydrogen-bond donors (Lipinski definition) is 0. The van der Waals surface area contributed by atoms with Crippen LogP contribution in [0.1, 0.15) is 0 Å². The first kappa shape index (κ1) is 23.8. The average Bonchev–Trinajstić information content (AvgIpc) is 3.03. The number of benzene rings is 6. The quantitative estimate of drug-likeness (QED) is 0.212. The minimum absolute atomic E-state index is 0.362. The molecule has 0 atom stereocenters. The van der Waals surface area contributed by atoms with E-state index in [0.717, 1.165) is 32.9 Å². The Morgan fingerprint density at radius 1 is 0.475 bits per heavy atom. The van der Waals surface area contributed by atoms with Gasteiger partial charge in [0.2, 0.25) is 0 Å². The van der Waals surface area contributed by atoms with Gasteiger partial charge in [0.25, 0.3) is 0 Å². The SMILES string of the molecule is Fc1ccc(N(c2ccccc2)c2c3ccccc3c(-c3ccccc3-c3ccccc3)c3ccccc23)nc1. The molecule has 1 heterocycles. The number of nitrogens with zero attached hydrogens (tertiary/aromatic N) is 2. The molecule has 0 aliphatic rings. The topological polar surface area (TPSA) is 16.1 Å². The Balaban J connectivity index is 1.61. The molecule has 7 aromatic rings. The van der Waals surface area contributed by atoms with Gasteiger partial charge in [0.15, 0.2) is 0 Å². The zero-order chi connectivity index (χ0) is 26.9. The van der Waals surface area contributed by atoms with Gasteiger partial charge < -0.3 is 0 Å². The summed E-state index contributed by atoms with van der Waals surface area (Å²) < 4.78 is 14.0. The summed E-state index contributed by atoms with van der Waals surface area (Å²) in [5.41, 5.74) is 6.70. The predicted octanol–water partition coefficient (Wildman–Crippen LogP) is 10.3. The van der Waals surface area contributed by atoms with Gasteiger partial charge in [0, 0.05) is 16.5 Å². The maximum Gasteiger partial charge on any atom is 0.141 e. The van der Waals surface area contributed by atoms with Crippen LogP contribution in [0, 0.1) is 5.82 Å². The second-order valence-electron chi connectivity index (χ2n) is 9.73. The molecule has 3 heteroatoms. The highest BCUT2D eigenvalue weighted by molar-refractivity contribution is 6.23. The van der Waals surface area contributed by atoms with Crippen molar-refractivity contribution >= 4 is 38.7 Å². The van der Waals surface area contributed by atoms with Gasteiger partial charge in [-0.1, -0.05) is 121 Å². The van der Waals surface area contributed by atoms with Crippen molar-refractivity contribution in [3.05, 3.63) is 158 Å². The fourth-order valence-corrected chi connectivity index (χ4v) is 5.66. The van der Waals surface area contributed by atoms with E-state index >= 15 is 0 Å². The lowest BCUT2D eigenvalue weighted by Crippen LogP contribution is -2.13. The average molecular weight is 517 g/mol. The summed E-state index contributed by atoms with van der Waals surface area (Å²) >= 11 is 0. The summed E-state index contributed by atoms with van der Waals surface area (Å²) in [6.45, 7) is 0. The van der Waals surface area contributed by atoms with Crippen LogP contribution in [0.4, 0.5) is 21.6 Å². The molecule has 0 N–H and O–H groups in total. The van der Waals surface area contributed by atoms with Crippen molar-refractivity contribution in [2.45, 2.75) is 0 Å². The Kier molecular flexibility index (Phi) is 6.02. The molecule has 0 unspecified atom stereocenters. The van der Waals surface area contributed by atoms with E-state index < -0.39 is 0 Å². The summed E-state index contributed by atoms with van der Waals surface area (Å²) in [6, 6.07) is 49.6. The van der Waals surface area contributed by atoms with Gasteiger partial charge in [-0.25, -0.2) is 9.37 Å². The molecule has 0 spiro atoms. The van der Waals surface area contributed by atoms with Crippen LogP contribution in [-0.2, 0) is 0 Å². The van der Waals surface area contributed by atoms with Gasteiger partial charge in [-0.2, -0.15) is 0 Å². The van der Waals surface area contributed by atoms with Crippen LogP contribution >= 0.6 is 0 Å². The number of aromatic nitrogens is 1. The molecule has 2 nitrogen and oxygen atoms in total. The smallest absolute Gasteiger partial charge is 0.141 e. The molecule has 0 saturated heterocycles. The minimum Gasteiger partial charge on any atom is -0.294 e. The number of halogens is 1. The molecule has 0 amide bonds. The molecule has 1 aromatic heterocycles. The molecule has 0 aliphatic carbocycles. The van der Waals surface area contributed by atoms with Gasteiger partial charge in [-0.3, -0.25) is 4.90 Å². The maximum atomic E-state index is 14.0. The monoisotopic (exact) mass is 516 g/mol. The highest BCUT2D eigenvalue weighted by atomic mass is 19.1. The molecule has 7 rings (SSSR count). The van der Waals surface area contributed by atoms with Gasteiger partial charge in [0.05, 0.1) is 11.9 Å².